The molecule has 0 bridgehead atoms. The van der Waals surface area contributed by atoms with Crippen LogP contribution < -0.4 is 5.32 Å². The Morgan fingerprint density at radius 1 is 1.11 bits per heavy atom. The Balaban J connectivity index is 1.75. The number of hydrogen-bond acceptors (Lipinski definition) is 4. The minimum Gasteiger partial charge on any atom is -0.317 e. The summed E-state index contributed by atoms with van der Waals surface area (Å²) in [5, 5.41) is 2.70. The summed E-state index contributed by atoms with van der Waals surface area (Å²) >= 11 is 0. The summed E-state index contributed by atoms with van der Waals surface area (Å²) in [6, 6.07) is 12.3. The second kappa shape index (κ2) is 7.93. The first-order chi connectivity index (χ1) is 13.5. The van der Waals surface area contributed by atoms with Gasteiger partial charge in [-0.3, -0.25) is 4.90 Å². The van der Waals surface area contributed by atoms with Gasteiger partial charge < -0.3 is 5.32 Å². The third-order valence-electron chi connectivity index (χ3n) is 6.08. The van der Waals surface area contributed by atoms with Crippen molar-refractivity contribution < 1.29 is 12.8 Å². The van der Waals surface area contributed by atoms with Crippen molar-refractivity contribution in [1.29, 1.82) is 0 Å². The van der Waals surface area contributed by atoms with Crippen LogP contribution in [0, 0.1) is 18.7 Å². The van der Waals surface area contributed by atoms with Gasteiger partial charge in [-0.05, 0) is 74.0 Å². The van der Waals surface area contributed by atoms with Crippen molar-refractivity contribution in [3.05, 3.63) is 65.0 Å². The lowest BCUT2D eigenvalue weighted by molar-refractivity contribution is 0.159. The molecular formula is C22H27FN2O2S. The molecule has 1 atom stereocenters. The van der Waals surface area contributed by atoms with Gasteiger partial charge in [-0.2, -0.15) is 0 Å². The fourth-order valence-electron chi connectivity index (χ4n) is 4.62. The van der Waals surface area contributed by atoms with E-state index in [1.807, 2.05) is 12.1 Å². The van der Waals surface area contributed by atoms with Crippen LogP contribution in [0.3, 0.4) is 0 Å². The van der Waals surface area contributed by atoms with Crippen LogP contribution in [0.4, 0.5) is 4.39 Å². The fourth-order valence-corrected chi connectivity index (χ4v) is 7.03. The zero-order valence-corrected chi connectivity index (χ0v) is 17.0. The van der Waals surface area contributed by atoms with Gasteiger partial charge in [0.2, 0.25) is 0 Å². The van der Waals surface area contributed by atoms with E-state index in [-0.39, 0.29) is 10.8 Å². The Morgan fingerprint density at radius 3 is 2.57 bits per heavy atom. The van der Waals surface area contributed by atoms with Crippen molar-refractivity contribution in [2.45, 2.75) is 43.0 Å². The molecular weight excluding hydrogens is 375 g/mol. The number of nitrogens with zero attached hydrogens (tertiary/aromatic N) is 1. The van der Waals surface area contributed by atoms with E-state index >= 15 is 0 Å². The quantitative estimate of drug-likeness (QED) is 0.853. The van der Waals surface area contributed by atoms with Crippen molar-refractivity contribution in [2.24, 2.45) is 5.92 Å². The van der Waals surface area contributed by atoms with E-state index in [9.17, 15) is 12.8 Å². The molecule has 2 heterocycles. The maximum atomic E-state index is 13.9. The zero-order valence-electron chi connectivity index (χ0n) is 16.2. The molecule has 150 valence electrons. The molecule has 1 saturated heterocycles. The number of fused-ring (bicyclic) bond motifs is 1. The van der Waals surface area contributed by atoms with Crippen molar-refractivity contribution in [1.82, 2.24) is 10.2 Å². The number of nitrogens with one attached hydrogen (secondary N) is 1. The van der Waals surface area contributed by atoms with Crippen molar-refractivity contribution in [2.75, 3.05) is 19.6 Å². The maximum Gasteiger partial charge on any atom is 0.195 e. The molecule has 0 amide bonds. The summed E-state index contributed by atoms with van der Waals surface area (Å²) in [6.45, 7) is 4.72. The van der Waals surface area contributed by atoms with E-state index in [2.05, 4.69) is 22.3 Å². The predicted molar refractivity (Wildman–Crippen MR) is 108 cm³/mol. The van der Waals surface area contributed by atoms with E-state index < -0.39 is 21.0 Å². The third kappa shape index (κ3) is 3.73. The van der Waals surface area contributed by atoms with Gasteiger partial charge in [-0.25, -0.2) is 12.8 Å². The first-order valence-corrected chi connectivity index (χ1v) is 11.5. The molecule has 28 heavy (non-hydrogen) atoms. The number of benzene rings is 2. The SMILES string of the molecule is Cc1ccc(F)cc1S(=O)(=O)C(C1CCNCC1)N1CCc2ccccc2C1. The van der Waals surface area contributed by atoms with Gasteiger partial charge in [-0.15, -0.1) is 0 Å². The summed E-state index contributed by atoms with van der Waals surface area (Å²) in [5.74, 6) is -0.462. The molecule has 0 aliphatic carbocycles. The van der Waals surface area contributed by atoms with Crippen LogP contribution in [0.1, 0.15) is 29.5 Å². The van der Waals surface area contributed by atoms with Gasteiger partial charge in [0.05, 0.1) is 4.90 Å². The maximum absolute atomic E-state index is 13.9. The molecule has 6 heteroatoms. The highest BCUT2D eigenvalue weighted by molar-refractivity contribution is 7.92. The molecule has 1 fully saturated rings. The average molecular weight is 403 g/mol. The predicted octanol–water partition coefficient (Wildman–Crippen LogP) is 3.29. The Kier molecular flexibility index (Phi) is 5.54. The highest BCUT2D eigenvalue weighted by atomic mass is 32.2. The van der Waals surface area contributed by atoms with E-state index in [0.717, 1.165) is 32.4 Å². The lowest BCUT2D eigenvalue weighted by Crippen LogP contribution is -2.50. The smallest absolute Gasteiger partial charge is 0.195 e. The molecule has 0 spiro atoms. The number of aryl methyl sites for hydroxylation is 1. The standard InChI is InChI=1S/C22H27FN2O2S/c1-16-6-7-20(23)14-21(16)28(26,27)22(18-8-11-24-12-9-18)25-13-10-17-4-2-3-5-19(17)15-25/h2-7,14,18,22,24H,8-13,15H2,1H3. The highest BCUT2D eigenvalue weighted by Gasteiger charge is 2.41. The molecule has 1 N–H and O–H groups in total. The minimum absolute atomic E-state index is 0.0409. The number of piperidine rings is 1. The number of halogens is 1. The fraction of sp³-hybridized carbons (Fsp3) is 0.455. The number of rotatable bonds is 4. The normalized spacial score (nSPS) is 19.9. The molecule has 0 saturated carbocycles. The van der Waals surface area contributed by atoms with E-state index in [1.165, 1.54) is 23.3 Å². The molecule has 2 aliphatic heterocycles. The summed E-state index contributed by atoms with van der Waals surface area (Å²) in [5.41, 5.74) is 3.10. The lowest BCUT2D eigenvalue weighted by atomic mass is 9.94. The zero-order chi connectivity index (χ0) is 19.7. The molecule has 2 aromatic carbocycles. The largest absolute Gasteiger partial charge is 0.317 e. The van der Waals surface area contributed by atoms with E-state index in [1.54, 1.807) is 13.0 Å². The summed E-state index contributed by atoms with van der Waals surface area (Å²) in [4.78, 5) is 2.24. The van der Waals surface area contributed by atoms with Crippen LogP contribution in [-0.2, 0) is 22.8 Å². The first kappa shape index (κ1) is 19.6. The number of sulfone groups is 1. The Hall–Kier alpha value is -1.76. The summed E-state index contributed by atoms with van der Waals surface area (Å²) in [6.07, 6.45) is 2.47. The van der Waals surface area contributed by atoms with Gasteiger partial charge in [-0.1, -0.05) is 30.3 Å². The summed E-state index contributed by atoms with van der Waals surface area (Å²) in [7, 11) is -3.70. The molecule has 2 aliphatic rings. The van der Waals surface area contributed by atoms with Crippen molar-refractivity contribution >= 4 is 9.84 Å². The van der Waals surface area contributed by atoms with Crippen molar-refractivity contribution in [3.63, 3.8) is 0 Å². The van der Waals surface area contributed by atoms with Gasteiger partial charge in [0, 0.05) is 13.1 Å². The topological polar surface area (TPSA) is 49.4 Å². The van der Waals surface area contributed by atoms with E-state index in [4.69, 9.17) is 0 Å². The lowest BCUT2D eigenvalue weighted by Gasteiger charge is -2.40. The molecule has 4 nitrogen and oxygen atoms in total. The summed E-state index contributed by atoms with van der Waals surface area (Å²) < 4.78 is 41.5. The molecule has 4 rings (SSSR count). The molecule has 0 aromatic heterocycles. The Labute approximate surface area is 166 Å². The van der Waals surface area contributed by atoms with Crippen LogP contribution in [0.5, 0.6) is 0 Å². The average Bonchev–Trinajstić information content (AvgIpc) is 2.70. The van der Waals surface area contributed by atoms with Gasteiger partial charge in [0.1, 0.15) is 11.2 Å². The third-order valence-corrected chi connectivity index (χ3v) is 8.45. The van der Waals surface area contributed by atoms with Gasteiger partial charge >= 0.3 is 0 Å². The molecule has 0 radical (unpaired) electrons. The Bertz CT molecular complexity index is 955. The molecule has 2 aromatic rings. The van der Waals surface area contributed by atoms with Crippen LogP contribution in [0.15, 0.2) is 47.4 Å². The second-order valence-electron chi connectivity index (χ2n) is 7.92. The Morgan fingerprint density at radius 2 is 1.82 bits per heavy atom. The van der Waals surface area contributed by atoms with Crippen LogP contribution >= 0.6 is 0 Å². The van der Waals surface area contributed by atoms with Crippen LogP contribution in [0.25, 0.3) is 0 Å². The highest BCUT2D eigenvalue weighted by Crippen LogP contribution is 2.34. The number of hydrogen-bond donors (Lipinski definition) is 1. The molecule has 1 unspecified atom stereocenters. The van der Waals surface area contributed by atoms with E-state index in [0.29, 0.717) is 18.7 Å². The van der Waals surface area contributed by atoms with Crippen LogP contribution in [-0.4, -0.2) is 38.3 Å². The van der Waals surface area contributed by atoms with Crippen molar-refractivity contribution in [3.8, 4) is 0 Å². The first-order valence-electron chi connectivity index (χ1n) is 9.98. The minimum atomic E-state index is -3.70. The second-order valence-corrected chi connectivity index (χ2v) is 9.93. The monoisotopic (exact) mass is 402 g/mol. The van der Waals surface area contributed by atoms with Crippen LogP contribution in [0.2, 0.25) is 0 Å². The van der Waals surface area contributed by atoms with Gasteiger partial charge in [0.15, 0.2) is 9.84 Å². The van der Waals surface area contributed by atoms with Gasteiger partial charge in [0.25, 0.3) is 0 Å².